The Kier molecular flexibility index (Phi) is 6.74. The Morgan fingerprint density at radius 2 is 1.82 bits per heavy atom. The molecule has 0 saturated heterocycles. The highest BCUT2D eigenvalue weighted by Crippen LogP contribution is 2.21. The molecule has 3 aromatic rings. The number of nitrogens with zero attached hydrogens (tertiary/aromatic N) is 4. The van der Waals surface area contributed by atoms with E-state index in [1.165, 1.54) is 36.7 Å². The van der Waals surface area contributed by atoms with Gasteiger partial charge in [-0.15, -0.1) is 0 Å². The number of rotatable bonds is 7. The van der Waals surface area contributed by atoms with Crippen molar-refractivity contribution in [2.45, 2.75) is 25.3 Å². The van der Waals surface area contributed by atoms with Crippen molar-refractivity contribution in [3.05, 3.63) is 64.8 Å². The van der Waals surface area contributed by atoms with Crippen molar-refractivity contribution in [2.75, 3.05) is 11.9 Å². The van der Waals surface area contributed by atoms with Crippen LogP contribution in [0.4, 0.5) is 32.0 Å². The number of carbonyl (C=O) groups excluding carboxylic acids is 1. The van der Waals surface area contributed by atoms with Gasteiger partial charge in [-0.2, -0.15) is 31.4 Å². The van der Waals surface area contributed by atoms with Crippen molar-refractivity contribution in [1.29, 1.82) is 0 Å². The molecule has 0 aliphatic rings. The molecule has 176 valence electrons. The van der Waals surface area contributed by atoms with Crippen LogP contribution >= 0.6 is 0 Å². The van der Waals surface area contributed by atoms with Crippen LogP contribution in [0.2, 0.25) is 0 Å². The first-order valence-electron chi connectivity index (χ1n) is 9.20. The average molecular weight is 475 g/mol. The molecule has 0 saturated carbocycles. The lowest BCUT2D eigenvalue weighted by Gasteiger charge is -2.12. The number of aryl methyl sites for hydroxylation is 1. The molecular weight excluding hydrogens is 460 g/mol. The predicted molar refractivity (Wildman–Crippen MR) is 102 cm³/mol. The minimum Gasteiger partial charge on any atom is -0.468 e. The van der Waals surface area contributed by atoms with Gasteiger partial charge in [0.15, 0.2) is 6.61 Å². The summed E-state index contributed by atoms with van der Waals surface area (Å²) in [4.78, 5) is 29.0. The molecule has 8 nitrogen and oxygen atoms in total. The normalized spacial score (nSPS) is 11.9. The van der Waals surface area contributed by atoms with Gasteiger partial charge in [0.05, 0.1) is 31.0 Å². The Hall–Kier alpha value is -3.84. The maximum absolute atomic E-state index is 12.8. The van der Waals surface area contributed by atoms with E-state index in [4.69, 9.17) is 0 Å². The molecule has 3 aromatic heterocycles. The summed E-state index contributed by atoms with van der Waals surface area (Å²) in [6.07, 6.45) is -6.59. The number of ether oxygens (including phenoxy) is 1. The lowest BCUT2D eigenvalue weighted by Crippen LogP contribution is -2.29. The van der Waals surface area contributed by atoms with E-state index in [1.807, 2.05) is 0 Å². The van der Waals surface area contributed by atoms with Crippen molar-refractivity contribution in [3.8, 4) is 11.7 Å². The van der Waals surface area contributed by atoms with Gasteiger partial charge in [-0.05, 0) is 18.2 Å². The van der Waals surface area contributed by atoms with Gasteiger partial charge < -0.3 is 10.1 Å². The monoisotopic (exact) mass is 475 g/mol. The van der Waals surface area contributed by atoms with Gasteiger partial charge >= 0.3 is 12.4 Å². The summed E-state index contributed by atoms with van der Waals surface area (Å²) in [5, 5.41) is 6.15. The zero-order chi connectivity index (χ0) is 24.2. The van der Waals surface area contributed by atoms with Crippen LogP contribution < -0.4 is 15.6 Å². The lowest BCUT2D eigenvalue weighted by atomic mass is 10.2. The molecule has 14 heteroatoms. The van der Waals surface area contributed by atoms with E-state index in [9.17, 15) is 35.9 Å². The number of anilines is 1. The van der Waals surface area contributed by atoms with Gasteiger partial charge in [0, 0.05) is 18.3 Å². The topological polar surface area (TPSA) is 91.0 Å². The van der Waals surface area contributed by atoms with Crippen molar-refractivity contribution >= 4 is 11.6 Å². The second-order valence-electron chi connectivity index (χ2n) is 6.62. The largest absolute Gasteiger partial charge is 0.468 e. The molecule has 0 unspecified atom stereocenters. The molecule has 1 amide bonds. The fourth-order valence-electron chi connectivity index (χ4n) is 2.68. The van der Waals surface area contributed by atoms with Gasteiger partial charge in [-0.25, -0.2) is 9.67 Å². The summed E-state index contributed by atoms with van der Waals surface area (Å²) >= 11 is 0. The molecule has 0 aromatic carbocycles. The van der Waals surface area contributed by atoms with E-state index < -0.39 is 43.4 Å². The molecule has 0 aliphatic carbocycles. The average Bonchev–Trinajstić information content (AvgIpc) is 3.19. The number of hydrogen-bond donors (Lipinski definition) is 1. The van der Waals surface area contributed by atoms with Crippen LogP contribution in [-0.2, 0) is 6.54 Å². The third-order valence-corrected chi connectivity index (χ3v) is 4.12. The Morgan fingerprint density at radius 3 is 2.45 bits per heavy atom. The molecule has 0 radical (unpaired) electrons. The van der Waals surface area contributed by atoms with E-state index in [2.05, 4.69) is 20.1 Å². The Balaban J connectivity index is 1.75. The summed E-state index contributed by atoms with van der Waals surface area (Å²) < 4.78 is 80.6. The van der Waals surface area contributed by atoms with Gasteiger partial charge in [0.25, 0.3) is 11.5 Å². The van der Waals surface area contributed by atoms with Crippen LogP contribution in [0, 0.1) is 0 Å². The van der Waals surface area contributed by atoms with Gasteiger partial charge in [-0.1, -0.05) is 0 Å². The summed E-state index contributed by atoms with van der Waals surface area (Å²) in [5.74, 6) is -1.15. The molecule has 0 bridgehead atoms. The first kappa shape index (κ1) is 23.8. The Labute approximate surface area is 181 Å². The van der Waals surface area contributed by atoms with E-state index >= 15 is 0 Å². The lowest BCUT2D eigenvalue weighted by molar-refractivity contribution is -0.154. The van der Waals surface area contributed by atoms with E-state index in [0.717, 1.165) is 21.5 Å². The first-order valence-corrected chi connectivity index (χ1v) is 9.20. The maximum atomic E-state index is 12.8. The highest BCUT2D eigenvalue weighted by molar-refractivity contribution is 6.03. The zero-order valence-electron chi connectivity index (χ0n) is 16.5. The van der Waals surface area contributed by atoms with E-state index in [-0.39, 0.29) is 22.9 Å². The fourth-order valence-corrected chi connectivity index (χ4v) is 2.68. The molecule has 33 heavy (non-hydrogen) atoms. The van der Waals surface area contributed by atoms with Crippen LogP contribution in [0.25, 0.3) is 5.82 Å². The Morgan fingerprint density at radius 1 is 1.06 bits per heavy atom. The zero-order valence-corrected chi connectivity index (χ0v) is 16.5. The van der Waals surface area contributed by atoms with Gasteiger partial charge in [-0.3, -0.25) is 14.2 Å². The highest BCUT2D eigenvalue weighted by Gasteiger charge is 2.29. The minimum absolute atomic E-state index is 0.0340. The molecule has 3 rings (SSSR count). The molecule has 1 N–H and O–H groups in total. The number of halogens is 6. The molecule has 3 heterocycles. The molecule has 0 atom stereocenters. The van der Waals surface area contributed by atoms with Crippen LogP contribution in [-0.4, -0.2) is 44.2 Å². The Bertz CT molecular complexity index is 1170. The van der Waals surface area contributed by atoms with Crippen molar-refractivity contribution < 1.29 is 35.9 Å². The van der Waals surface area contributed by atoms with Crippen molar-refractivity contribution in [2.24, 2.45) is 0 Å². The summed E-state index contributed by atoms with van der Waals surface area (Å²) in [7, 11) is 0. The maximum Gasteiger partial charge on any atom is 0.422 e. The predicted octanol–water partition coefficient (Wildman–Crippen LogP) is 3.57. The smallest absolute Gasteiger partial charge is 0.422 e. The van der Waals surface area contributed by atoms with Gasteiger partial charge in [0.1, 0.15) is 11.4 Å². The van der Waals surface area contributed by atoms with Crippen LogP contribution in [0.5, 0.6) is 5.88 Å². The molecule has 0 fully saturated rings. The minimum atomic E-state index is -4.54. The van der Waals surface area contributed by atoms with Gasteiger partial charge in [0.2, 0.25) is 5.88 Å². The second-order valence-corrected chi connectivity index (χ2v) is 6.62. The quantitative estimate of drug-likeness (QED) is 0.528. The van der Waals surface area contributed by atoms with Crippen molar-refractivity contribution in [1.82, 2.24) is 19.3 Å². The SMILES string of the molecule is O=C(Nc1ccc(OCC(F)(F)F)nc1)c1cccn(-c2ccnn2CCC(F)(F)F)c1=O. The molecular formula is C19H15F6N5O3. The first-order chi connectivity index (χ1) is 15.4. The van der Waals surface area contributed by atoms with Crippen molar-refractivity contribution in [3.63, 3.8) is 0 Å². The highest BCUT2D eigenvalue weighted by atomic mass is 19.4. The van der Waals surface area contributed by atoms with E-state index in [1.54, 1.807) is 0 Å². The number of carbonyl (C=O) groups is 1. The number of amides is 1. The number of pyridine rings is 2. The van der Waals surface area contributed by atoms with Crippen LogP contribution in [0.1, 0.15) is 16.8 Å². The number of aromatic nitrogens is 4. The van der Waals surface area contributed by atoms with Crippen LogP contribution in [0.3, 0.4) is 0 Å². The summed E-state index contributed by atoms with van der Waals surface area (Å²) in [6.45, 7) is -2.06. The third-order valence-electron chi connectivity index (χ3n) is 4.12. The van der Waals surface area contributed by atoms with E-state index in [0.29, 0.717) is 0 Å². The standard InChI is InChI=1S/C19H15F6N5O3/c20-18(21,22)6-9-30-15(5-7-27-30)29-8-1-2-13(17(29)32)16(31)28-12-3-4-14(26-10-12)33-11-19(23,24)25/h1-5,7-8,10H,6,9,11H2,(H,28,31). The number of hydrogen-bond acceptors (Lipinski definition) is 5. The third kappa shape index (κ3) is 6.57. The summed E-state index contributed by atoms with van der Waals surface area (Å²) in [6, 6.07) is 6.21. The number of nitrogens with one attached hydrogen (secondary N) is 1. The number of alkyl halides is 6. The van der Waals surface area contributed by atoms with Crippen LogP contribution in [0.15, 0.2) is 53.7 Å². The molecule has 0 spiro atoms. The summed E-state index contributed by atoms with van der Waals surface area (Å²) in [5.41, 5.74) is -1.08. The fraction of sp³-hybridized carbons (Fsp3) is 0.263. The second kappa shape index (κ2) is 9.34. The molecule has 0 aliphatic heterocycles.